The Hall–Kier alpha value is -0.340. The second kappa shape index (κ2) is 4.77. The molecule has 2 heteroatoms. The van der Waals surface area contributed by atoms with E-state index in [4.69, 9.17) is 0 Å². The highest BCUT2D eigenvalue weighted by atomic mass is 32.1. The molecule has 0 aliphatic heterocycles. The number of hydrogen-bond donors (Lipinski definition) is 0. The third-order valence-corrected chi connectivity index (χ3v) is 3.59. The Morgan fingerprint density at radius 3 is 2.54 bits per heavy atom. The minimum atomic E-state index is 0.672. The number of hydrogen-bond acceptors (Lipinski definition) is 2. The Balaban J connectivity index is 2.58. The van der Waals surface area contributed by atoms with Crippen molar-refractivity contribution in [2.75, 3.05) is 13.6 Å². The summed E-state index contributed by atoms with van der Waals surface area (Å²) in [5.74, 6) is 0.672. The summed E-state index contributed by atoms with van der Waals surface area (Å²) in [4.78, 5) is 5.31. The normalized spacial score (nSPS) is 11.5. The molecule has 0 fully saturated rings. The van der Waals surface area contributed by atoms with Gasteiger partial charge in [-0.15, -0.1) is 11.3 Å². The van der Waals surface area contributed by atoms with Crippen molar-refractivity contribution in [3.8, 4) is 0 Å². The lowest BCUT2D eigenvalue weighted by Crippen LogP contribution is -2.15. The third-order valence-electron chi connectivity index (χ3n) is 2.22. The van der Waals surface area contributed by atoms with Crippen LogP contribution in [0.15, 0.2) is 12.1 Å². The largest absolute Gasteiger partial charge is 0.302 e. The highest BCUT2D eigenvalue weighted by Gasteiger charge is 2.04. The molecule has 1 aromatic heterocycles. The highest BCUT2D eigenvalue weighted by Crippen LogP contribution is 2.24. The highest BCUT2D eigenvalue weighted by molar-refractivity contribution is 7.12. The zero-order valence-electron chi connectivity index (χ0n) is 9.00. The summed E-state index contributed by atoms with van der Waals surface area (Å²) in [6, 6.07) is 4.51. The average molecular weight is 197 g/mol. The van der Waals surface area contributed by atoms with Crippen LogP contribution in [0.1, 0.15) is 36.4 Å². The van der Waals surface area contributed by atoms with Crippen molar-refractivity contribution < 1.29 is 0 Å². The Bertz CT molecular complexity index is 252. The first-order valence-corrected chi connectivity index (χ1v) is 5.72. The molecule has 0 N–H and O–H groups in total. The fourth-order valence-electron chi connectivity index (χ4n) is 1.17. The van der Waals surface area contributed by atoms with Crippen LogP contribution in [0.4, 0.5) is 0 Å². The number of thiophene rings is 1. The fourth-order valence-corrected chi connectivity index (χ4v) is 2.26. The molecule has 0 unspecified atom stereocenters. The van der Waals surface area contributed by atoms with Gasteiger partial charge in [0, 0.05) is 16.3 Å². The number of rotatable bonds is 4. The molecule has 1 aromatic rings. The van der Waals surface area contributed by atoms with E-state index in [1.165, 1.54) is 9.75 Å². The molecule has 74 valence electrons. The lowest BCUT2D eigenvalue weighted by Gasteiger charge is -2.11. The van der Waals surface area contributed by atoms with Crippen LogP contribution in [0.2, 0.25) is 0 Å². The van der Waals surface area contributed by atoms with E-state index in [9.17, 15) is 0 Å². The first kappa shape index (κ1) is 10.7. The van der Waals surface area contributed by atoms with Crippen molar-refractivity contribution in [2.24, 2.45) is 0 Å². The van der Waals surface area contributed by atoms with E-state index in [2.05, 4.69) is 44.9 Å². The molecular weight excluding hydrogens is 178 g/mol. The van der Waals surface area contributed by atoms with Crippen LogP contribution in [0.3, 0.4) is 0 Å². The molecule has 0 aromatic carbocycles. The molecule has 1 nitrogen and oxygen atoms in total. The minimum absolute atomic E-state index is 0.672. The van der Waals surface area contributed by atoms with Crippen LogP contribution in [-0.2, 0) is 6.54 Å². The summed E-state index contributed by atoms with van der Waals surface area (Å²) in [5, 5.41) is 0. The standard InChI is InChI=1S/C11H19NS/c1-5-12(4)8-10-6-7-11(13-10)9(2)3/h6-7,9H,5,8H2,1-4H3. The zero-order chi connectivity index (χ0) is 9.84. The summed E-state index contributed by atoms with van der Waals surface area (Å²) in [5.41, 5.74) is 0. The van der Waals surface area contributed by atoms with E-state index in [-0.39, 0.29) is 0 Å². The fraction of sp³-hybridized carbons (Fsp3) is 0.636. The van der Waals surface area contributed by atoms with Crippen LogP contribution >= 0.6 is 11.3 Å². The second-order valence-electron chi connectivity index (χ2n) is 3.79. The molecule has 1 heterocycles. The van der Waals surface area contributed by atoms with Gasteiger partial charge in [-0.3, -0.25) is 0 Å². The molecule has 0 aliphatic rings. The SMILES string of the molecule is CCN(C)Cc1ccc(C(C)C)s1. The van der Waals surface area contributed by atoms with Crippen molar-refractivity contribution >= 4 is 11.3 Å². The number of nitrogens with zero attached hydrogens (tertiary/aromatic N) is 1. The van der Waals surface area contributed by atoms with Crippen molar-refractivity contribution in [1.82, 2.24) is 4.90 Å². The second-order valence-corrected chi connectivity index (χ2v) is 4.99. The lowest BCUT2D eigenvalue weighted by molar-refractivity contribution is 0.349. The average Bonchev–Trinajstić information content (AvgIpc) is 2.52. The van der Waals surface area contributed by atoms with Crippen LogP contribution in [0, 0.1) is 0 Å². The Labute approximate surface area is 85.4 Å². The van der Waals surface area contributed by atoms with Crippen LogP contribution in [-0.4, -0.2) is 18.5 Å². The van der Waals surface area contributed by atoms with Crippen LogP contribution in [0.5, 0.6) is 0 Å². The summed E-state index contributed by atoms with van der Waals surface area (Å²) in [7, 11) is 2.16. The summed E-state index contributed by atoms with van der Waals surface area (Å²) in [6.45, 7) is 8.90. The predicted octanol–water partition coefficient (Wildman–Crippen LogP) is 3.32. The maximum atomic E-state index is 2.33. The van der Waals surface area contributed by atoms with Crippen LogP contribution < -0.4 is 0 Å². The topological polar surface area (TPSA) is 3.24 Å². The maximum Gasteiger partial charge on any atom is 0.0324 e. The monoisotopic (exact) mass is 197 g/mol. The van der Waals surface area contributed by atoms with Crippen LogP contribution in [0.25, 0.3) is 0 Å². The van der Waals surface area contributed by atoms with E-state index in [1.54, 1.807) is 0 Å². The Kier molecular flexibility index (Phi) is 3.94. The van der Waals surface area contributed by atoms with Gasteiger partial charge in [0.05, 0.1) is 0 Å². The molecule has 0 aliphatic carbocycles. The first-order valence-electron chi connectivity index (χ1n) is 4.90. The van der Waals surface area contributed by atoms with Crippen molar-refractivity contribution in [2.45, 2.75) is 33.2 Å². The van der Waals surface area contributed by atoms with E-state index < -0.39 is 0 Å². The molecule has 0 atom stereocenters. The lowest BCUT2D eigenvalue weighted by atomic mass is 10.2. The van der Waals surface area contributed by atoms with Gasteiger partial charge >= 0.3 is 0 Å². The Morgan fingerprint density at radius 2 is 2.08 bits per heavy atom. The molecular formula is C11H19NS. The molecule has 13 heavy (non-hydrogen) atoms. The van der Waals surface area contributed by atoms with Gasteiger partial charge in [-0.2, -0.15) is 0 Å². The molecule has 1 rings (SSSR count). The van der Waals surface area contributed by atoms with Crippen molar-refractivity contribution in [3.63, 3.8) is 0 Å². The zero-order valence-corrected chi connectivity index (χ0v) is 9.82. The van der Waals surface area contributed by atoms with Crippen molar-refractivity contribution in [1.29, 1.82) is 0 Å². The van der Waals surface area contributed by atoms with Gasteiger partial charge in [-0.05, 0) is 31.6 Å². The van der Waals surface area contributed by atoms with E-state index in [0.29, 0.717) is 5.92 Å². The summed E-state index contributed by atoms with van der Waals surface area (Å²) in [6.07, 6.45) is 0. The third kappa shape index (κ3) is 3.12. The smallest absolute Gasteiger partial charge is 0.0324 e. The van der Waals surface area contributed by atoms with Gasteiger partial charge in [-0.1, -0.05) is 20.8 Å². The summed E-state index contributed by atoms with van der Waals surface area (Å²) < 4.78 is 0. The van der Waals surface area contributed by atoms with Gasteiger partial charge in [0.25, 0.3) is 0 Å². The molecule has 0 saturated heterocycles. The van der Waals surface area contributed by atoms with Gasteiger partial charge < -0.3 is 4.90 Å². The van der Waals surface area contributed by atoms with E-state index in [0.717, 1.165) is 13.1 Å². The quantitative estimate of drug-likeness (QED) is 0.715. The molecule has 0 bridgehead atoms. The van der Waals surface area contributed by atoms with Crippen molar-refractivity contribution in [3.05, 3.63) is 21.9 Å². The molecule has 0 saturated carbocycles. The van der Waals surface area contributed by atoms with Gasteiger partial charge in [-0.25, -0.2) is 0 Å². The van der Waals surface area contributed by atoms with Gasteiger partial charge in [0.15, 0.2) is 0 Å². The van der Waals surface area contributed by atoms with E-state index in [1.807, 2.05) is 11.3 Å². The summed E-state index contributed by atoms with van der Waals surface area (Å²) >= 11 is 1.94. The minimum Gasteiger partial charge on any atom is -0.302 e. The molecule has 0 spiro atoms. The molecule has 0 radical (unpaired) electrons. The van der Waals surface area contributed by atoms with Gasteiger partial charge in [0.1, 0.15) is 0 Å². The molecule has 0 amide bonds. The van der Waals surface area contributed by atoms with E-state index >= 15 is 0 Å². The Morgan fingerprint density at radius 1 is 1.38 bits per heavy atom. The first-order chi connectivity index (χ1) is 6.13. The predicted molar refractivity (Wildman–Crippen MR) is 60.4 cm³/mol. The van der Waals surface area contributed by atoms with Gasteiger partial charge in [0.2, 0.25) is 0 Å². The maximum absolute atomic E-state index is 2.33.